The molecule has 1 aliphatic rings. The van der Waals surface area contributed by atoms with E-state index in [0.29, 0.717) is 22.7 Å². The minimum absolute atomic E-state index is 0.0875. The molecule has 0 amide bonds. The van der Waals surface area contributed by atoms with Gasteiger partial charge >= 0.3 is 5.97 Å². The predicted molar refractivity (Wildman–Crippen MR) is 94.1 cm³/mol. The second-order valence-electron chi connectivity index (χ2n) is 6.54. The van der Waals surface area contributed by atoms with E-state index in [1.165, 1.54) is 17.9 Å². The van der Waals surface area contributed by atoms with Gasteiger partial charge in [0.2, 0.25) is 0 Å². The molecule has 2 heterocycles. The Morgan fingerprint density at radius 3 is 2.78 bits per heavy atom. The Morgan fingerprint density at radius 1 is 1.37 bits per heavy atom. The second-order valence-corrected chi connectivity index (χ2v) is 6.54. The zero-order valence-corrected chi connectivity index (χ0v) is 14.5. The summed E-state index contributed by atoms with van der Waals surface area (Å²) in [6.45, 7) is -0.430. The maximum Gasteiger partial charge on any atom is 0.325 e. The highest BCUT2D eigenvalue weighted by atomic mass is 19.3. The average Bonchev–Trinajstić information content (AvgIpc) is 3.43. The van der Waals surface area contributed by atoms with E-state index in [1.54, 1.807) is 24.3 Å². The molecule has 1 fully saturated rings. The van der Waals surface area contributed by atoms with Gasteiger partial charge in [-0.1, -0.05) is 12.1 Å². The molecule has 0 spiro atoms. The molecule has 4 rings (SSSR count). The van der Waals surface area contributed by atoms with E-state index in [9.17, 15) is 13.6 Å². The number of fused-ring (bicyclic) bond motifs is 1. The SMILES string of the molecule is COc1cccc(-c2cc(C(F)F)c3c(C4CC4)nn(CC(=O)O)c3n2)c1. The van der Waals surface area contributed by atoms with Crippen LogP contribution >= 0.6 is 0 Å². The summed E-state index contributed by atoms with van der Waals surface area (Å²) < 4.78 is 34.1. The number of alkyl halides is 2. The Balaban J connectivity index is 1.97. The van der Waals surface area contributed by atoms with Gasteiger partial charge in [0.1, 0.15) is 12.3 Å². The Labute approximate surface area is 153 Å². The van der Waals surface area contributed by atoms with Crippen LogP contribution in [0.25, 0.3) is 22.3 Å². The van der Waals surface area contributed by atoms with Crippen molar-refractivity contribution in [1.29, 1.82) is 0 Å². The molecular weight excluding hydrogens is 356 g/mol. The lowest BCUT2D eigenvalue weighted by molar-refractivity contribution is -0.137. The van der Waals surface area contributed by atoms with Crippen molar-refractivity contribution >= 4 is 17.0 Å². The highest BCUT2D eigenvalue weighted by molar-refractivity contribution is 5.87. The fourth-order valence-corrected chi connectivity index (χ4v) is 3.21. The molecule has 0 atom stereocenters. The van der Waals surface area contributed by atoms with Crippen LogP contribution in [0.2, 0.25) is 0 Å². The number of rotatable bonds is 6. The molecule has 1 N–H and O–H groups in total. The number of ether oxygens (including phenoxy) is 1. The van der Waals surface area contributed by atoms with Gasteiger partial charge in [-0.15, -0.1) is 0 Å². The lowest BCUT2D eigenvalue weighted by Gasteiger charge is -2.09. The highest BCUT2D eigenvalue weighted by Gasteiger charge is 2.33. The monoisotopic (exact) mass is 373 g/mol. The van der Waals surface area contributed by atoms with Crippen molar-refractivity contribution in [3.05, 3.63) is 41.6 Å². The van der Waals surface area contributed by atoms with Crippen LogP contribution in [0.4, 0.5) is 8.78 Å². The molecule has 2 aromatic heterocycles. The summed E-state index contributed by atoms with van der Waals surface area (Å²) in [5.74, 6) is -0.441. The van der Waals surface area contributed by atoms with Gasteiger partial charge in [0.15, 0.2) is 5.65 Å². The first-order valence-corrected chi connectivity index (χ1v) is 8.53. The number of hydrogen-bond acceptors (Lipinski definition) is 4. The largest absolute Gasteiger partial charge is 0.497 e. The van der Waals surface area contributed by atoms with E-state index in [2.05, 4.69) is 10.1 Å². The third-order valence-corrected chi connectivity index (χ3v) is 4.61. The van der Waals surface area contributed by atoms with Gasteiger partial charge in [-0.3, -0.25) is 4.79 Å². The van der Waals surface area contributed by atoms with E-state index < -0.39 is 18.9 Å². The van der Waals surface area contributed by atoms with Crippen molar-refractivity contribution in [2.24, 2.45) is 0 Å². The third-order valence-electron chi connectivity index (χ3n) is 4.61. The van der Waals surface area contributed by atoms with Crippen molar-refractivity contribution < 1.29 is 23.4 Å². The van der Waals surface area contributed by atoms with Crippen LogP contribution in [0.5, 0.6) is 5.75 Å². The maximum atomic E-state index is 13.9. The van der Waals surface area contributed by atoms with Crippen molar-refractivity contribution in [3.63, 3.8) is 0 Å². The molecule has 0 aliphatic heterocycles. The second kappa shape index (κ2) is 6.61. The first-order chi connectivity index (χ1) is 13.0. The van der Waals surface area contributed by atoms with Crippen LogP contribution in [-0.4, -0.2) is 33.0 Å². The third kappa shape index (κ3) is 3.22. The highest BCUT2D eigenvalue weighted by Crippen LogP contribution is 2.45. The summed E-state index contributed by atoms with van der Waals surface area (Å²) in [5.41, 5.74) is 1.46. The smallest absolute Gasteiger partial charge is 0.325 e. The Kier molecular flexibility index (Phi) is 4.25. The summed E-state index contributed by atoms with van der Waals surface area (Å²) in [4.78, 5) is 15.7. The first kappa shape index (κ1) is 17.4. The molecule has 0 unspecified atom stereocenters. The summed E-state index contributed by atoms with van der Waals surface area (Å²) in [5, 5.41) is 13.8. The molecule has 0 bridgehead atoms. The van der Waals surface area contributed by atoms with Gasteiger partial charge in [-0.25, -0.2) is 18.4 Å². The van der Waals surface area contributed by atoms with Gasteiger partial charge in [0.05, 0.1) is 23.9 Å². The van der Waals surface area contributed by atoms with E-state index in [0.717, 1.165) is 12.8 Å². The number of aliphatic carboxylic acids is 1. The van der Waals surface area contributed by atoms with Crippen LogP contribution < -0.4 is 4.74 Å². The predicted octanol–water partition coefficient (Wildman–Crippen LogP) is 4.01. The number of nitrogens with zero attached hydrogens (tertiary/aromatic N) is 3. The van der Waals surface area contributed by atoms with Crippen molar-refractivity contribution in [3.8, 4) is 17.0 Å². The zero-order chi connectivity index (χ0) is 19.1. The van der Waals surface area contributed by atoms with Crippen LogP contribution in [-0.2, 0) is 11.3 Å². The van der Waals surface area contributed by atoms with Crippen LogP contribution in [0.15, 0.2) is 30.3 Å². The molecule has 0 saturated heterocycles. The molecule has 3 aromatic rings. The van der Waals surface area contributed by atoms with Crippen LogP contribution in [0, 0.1) is 0 Å². The van der Waals surface area contributed by atoms with Crippen LogP contribution in [0.1, 0.15) is 36.4 Å². The number of carbonyl (C=O) groups is 1. The van der Waals surface area contributed by atoms with Gasteiger partial charge in [-0.05, 0) is 31.0 Å². The molecule has 140 valence electrons. The standard InChI is InChI=1S/C19H17F2N3O3/c1-27-12-4-2-3-11(7-12)14-8-13(18(20)21)16-17(10-5-6-10)23-24(9-15(25)26)19(16)22-14/h2-4,7-8,10,18H,5-6,9H2,1H3,(H,25,26). The van der Waals surface area contributed by atoms with Gasteiger partial charge < -0.3 is 9.84 Å². The summed E-state index contributed by atoms with van der Waals surface area (Å²) in [6.07, 6.45) is -1.00. The van der Waals surface area contributed by atoms with Crippen LogP contribution in [0.3, 0.4) is 0 Å². The van der Waals surface area contributed by atoms with E-state index >= 15 is 0 Å². The van der Waals surface area contributed by atoms with Crippen molar-refractivity contribution in [2.45, 2.75) is 31.7 Å². The van der Waals surface area contributed by atoms with E-state index in [1.807, 2.05) is 0 Å². The molecule has 6 nitrogen and oxygen atoms in total. The quantitative estimate of drug-likeness (QED) is 0.707. The number of pyridine rings is 1. The normalized spacial score (nSPS) is 14.1. The maximum absolute atomic E-state index is 13.9. The van der Waals surface area contributed by atoms with Gasteiger partial charge in [-0.2, -0.15) is 5.10 Å². The number of carboxylic acids is 1. The average molecular weight is 373 g/mol. The van der Waals surface area contributed by atoms with Gasteiger partial charge in [0.25, 0.3) is 6.43 Å². The van der Waals surface area contributed by atoms with E-state index in [-0.39, 0.29) is 22.5 Å². The number of benzene rings is 1. The first-order valence-electron chi connectivity index (χ1n) is 8.53. The van der Waals surface area contributed by atoms with E-state index in [4.69, 9.17) is 9.84 Å². The summed E-state index contributed by atoms with van der Waals surface area (Å²) >= 11 is 0. The van der Waals surface area contributed by atoms with Gasteiger partial charge in [0, 0.05) is 17.0 Å². The summed E-state index contributed by atoms with van der Waals surface area (Å²) in [7, 11) is 1.52. The zero-order valence-electron chi connectivity index (χ0n) is 14.5. The number of hydrogen-bond donors (Lipinski definition) is 1. The molecule has 1 saturated carbocycles. The Bertz CT molecular complexity index is 1030. The Morgan fingerprint density at radius 2 is 2.15 bits per heavy atom. The molecule has 8 heteroatoms. The van der Waals surface area contributed by atoms with Crippen molar-refractivity contribution in [2.75, 3.05) is 7.11 Å². The molecule has 27 heavy (non-hydrogen) atoms. The fraction of sp³-hybridized carbons (Fsp3) is 0.316. The fourth-order valence-electron chi connectivity index (χ4n) is 3.21. The number of carboxylic acid groups (broad SMARTS) is 1. The van der Waals surface area contributed by atoms with Crippen molar-refractivity contribution in [1.82, 2.24) is 14.8 Å². The molecule has 1 aromatic carbocycles. The lowest BCUT2D eigenvalue weighted by atomic mass is 10.0. The minimum Gasteiger partial charge on any atom is -0.497 e. The molecule has 0 radical (unpaired) electrons. The summed E-state index contributed by atoms with van der Waals surface area (Å²) in [6, 6.07) is 8.29. The topological polar surface area (TPSA) is 77.2 Å². The number of halogens is 2. The number of methoxy groups -OCH3 is 1. The molecule has 1 aliphatic carbocycles. The Hall–Kier alpha value is -3.03. The lowest BCUT2D eigenvalue weighted by Crippen LogP contribution is -2.11. The molecular formula is C19H17F2N3O3. The number of aromatic nitrogens is 3. The minimum atomic E-state index is -2.72.